The van der Waals surface area contributed by atoms with Gasteiger partial charge in [-0.2, -0.15) is 0 Å². The van der Waals surface area contributed by atoms with E-state index in [2.05, 4.69) is 0 Å². The topological polar surface area (TPSA) is 44.8 Å². The van der Waals surface area contributed by atoms with Gasteiger partial charge in [0.1, 0.15) is 5.75 Å². The number of rotatable bonds is 6. The lowest BCUT2D eigenvalue weighted by Crippen LogP contribution is -2.27. The molecule has 0 N–H and O–H groups in total. The SMILES string of the molecule is COc1ccc(C2OCCC(CCC(=O)c3ccccc3)O2)cc1. The summed E-state index contributed by atoms with van der Waals surface area (Å²) in [6.45, 7) is 0.640. The van der Waals surface area contributed by atoms with Gasteiger partial charge in [-0.05, 0) is 25.0 Å². The Kier molecular flexibility index (Phi) is 5.62. The summed E-state index contributed by atoms with van der Waals surface area (Å²) < 4.78 is 16.9. The molecular weight excluding hydrogens is 304 g/mol. The Morgan fingerprint density at radius 2 is 1.88 bits per heavy atom. The van der Waals surface area contributed by atoms with Gasteiger partial charge in [0.15, 0.2) is 12.1 Å². The molecular formula is C20H22O4. The van der Waals surface area contributed by atoms with Crippen LogP contribution in [0.25, 0.3) is 0 Å². The minimum atomic E-state index is -0.374. The molecule has 0 aromatic heterocycles. The lowest BCUT2D eigenvalue weighted by atomic mass is 10.0. The molecule has 4 heteroatoms. The molecule has 0 spiro atoms. The van der Waals surface area contributed by atoms with E-state index in [-0.39, 0.29) is 18.2 Å². The van der Waals surface area contributed by atoms with Gasteiger partial charge in [0, 0.05) is 17.5 Å². The summed E-state index contributed by atoms with van der Waals surface area (Å²) in [6.07, 6.45) is 1.68. The summed E-state index contributed by atoms with van der Waals surface area (Å²) in [5.41, 5.74) is 1.73. The number of Topliss-reactive ketones (excluding diaryl/α,β-unsaturated/α-hetero) is 1. The summed E-state index contributed by atoms with van der Waals surface area (Å²) in [6, 6.07) is 17.1. The minimum absolute atomic E-state index is 0.0403. The summed E-state index contributed by atoms with van der Waals surface area (Å²) in [5, 5.41) is 0. The fourth-order valence-corrected chi connectivity index (χ4v) is 2.80. The quantitative estimate of drug-likeness (QED) is 0.748. The molecule has 0 bridgehead atoms. The first-order valence-corrected chi connectivity index (χ1v) is 8.25. The molecule has 1 fully saturated rings. The Balaban J connectivity index is 1.54. The van der Waals surface area contributed by atoms with Crippen molar-refractivity contribution in [2.24, 2.45) is 0 Å². The first-order valence-electron chi connectivity index (χ1n) is 8.25. The van der Waals surface area contributed by atoms with Crippen molar-refractivity contribution in [3.05, 3.63) is 65.7 Å². The first-order chi connectivity index (χ1) is 11.8. The van der Waals surface area contributed by atoms with Crippen LogP contribution in [0, 0.1) is 0 Å². The molecule has 3 rings (SSSR count). The third-order valence-corrected chi connectivity index (χ3v) is 4.20. The van der Waals surface area contributed by atoms with Crippen molar-refractivity contribution in [3.63, 3.8) is 0 Å². The molecule has 0 radical (unpaired) electrons. The summed E-state index contributed by atoms with van der Waals surface area (Å²) in [7, 11) is 1.64. The van der Waals surface area contributed by atoms with Crippen LogP contribution in [0.3, 0.4) is 0 Å². The van der Waals surface area contributed by atoms with Crippen LogP contribution in [0.4, 0.5) is 0 Å². The first kappa shape index (κ1) is 16.7. The minimum Gasteiger partial charge on any atom is -0.497 e. The molecule has 0 aliphatic carbocycles. The average Bonchev–Trinajstić information content (AvgIpc) is 2.67. The number of hydrogen-bond donors (Lipinski definition) is 0. The van der Waals surface area contributed by atoms with Gasteiger partial charge in [0.05, 0.1) is 19.8 Å². The maximum atomic E-state index is 12.2. The largest absolute Gasteiger partial charge is 0.497 e. The zero-order valence-electron chi connectivity index (χ0n) is 13.8. The molecule has 1 saturated heterocycles. The predicted octanol–water partition coefficient (Wildman–Crippen LogP) is 4.16. The van der Waals surface area contributed by atoms with E-state index in [1.807, 2.05) is 54.6 Å². The number of methoxy groups -OCH3 is 1. The van der Waals surface area contributed by atoms with E-state index >= 15 is 0 Å². The molecule has 2 unspecified atom stereocenters. The van der Waals surface area contributed by atoms with Gasteiger partial charge in [-0.3, -0.25) is 4.79 Å². The zero-order valence-corrected chi connectivity index (χ0v) is 13.8. The van der Waals surface area contributed by atoms with E-state index in [9.17, 15) is 4.79 Å². The lowest BCUT2D eigenvalue weighted by molar-refractivity contribution is -0.218. The van der Waals surface area contributed by atoms with Crippen LogP contribution in [0.1, 0.15) is 41.5 Å². The third-order valence-electron chi connectivity index (χ3n) is 4.20. The van der Waals surface area contributed by atoms with Crippen molar-refractivity contribution in [1.29, 1.82) is 0 Å². The average molecular weight is 326 g/mol. The molecule has 2 atom stereocenters. The molecule has 1 heterocycles. The van der Waals surface area contributed by atoms with Crippen LogP contribution in [0.5, 0.6) is 5.75 Å². The van der Waals surface area contributed by atoms with Crippen molar-refractivity contribution >= 4 is 5.78 Å². The Morgan fingerprint density at radius 3 is 2.58 bits per heavy atom. The number of benzene rings is 2. The van der Waals surface area contributed by atoms with Crippen LogP contribution < -0.4 is 4.74 Å². The summed E-state index contributed by atoms with van der Waals surface area (Å²) in [4.78, 5) is 12.2. The van der Waals surface area contributed by atoms with E-state index in [0.29, 0.717) is 19.4 Å². The number of ether oxygens (including phenoxy) is 3. The van der Waals surface area contributed by atoms with Crippen LogP contribution in [-0.2, 0) is 9.47 Å². The van der Waals surface area contributed by atoms with Crippen molar-refractivity contribution < 1.29 is 19.0 Å². The summed E-state index contributed by atoms with van der Waals surface area (Å²) in [5.74, 6) is 0.964. The molecule has 24 heavy (non-hydrogen) atoms. The Hall–Kier alpha value is -2.17. The number of carbonyl (C=O) groups excluding carboxylic acids is 1. The van der Waals surface area contributed by atoms with Crippen molar-refractivity contribution in [2.75, 3.05) is 13.7 Å². The molecule has 126 valence electrons. The highest BCUT2D eigenvalue weighted by Gasteiger charge is 2.25. The van der Waals surface area contributed by atoms with Gasteiger partial charge >= 0.3 is 0 Å². The fraction of sp³-hybridized carbons (Fsp3) is 0.350. The fourth-order valence-electron chi connectivity index (χ4n) is 2.80. The van der Waals surface area contributed by atoms with Crippen molar-refractivity contribution in [1.82, 2.24) is 0 Å². The molecule has 2 aromatic carbocycles. The van der Waals surface area contributed by atoms with Gasteiger partial charge in [0.2, 0.25) is 0 Å². The molecule has 0 amide bonds. The highest BCUT2D eigenvalue weighted by molar-refractivity contribution is 5.95. The smallest absolute Gasteiger partial charge is 0.184 e. The van der Waals surface area contributed by atoms with Gasteiger partial charge in [-0.15, -0.1) is 0 Å². The standard InChI is InChI=1S/C20H22O4/c1-22-17-9-7-16(8-10-17)20-23-14-13-18(24-20)11-12-19(21)15-5-3-2-4-6-15/h2-10,18,20H,11-14H2,1H3. The van der Waals surface area contributed by atoms with Gasteiger partial charge < -0.3 is 14.2 Å². The van der Waals surface area contributed by atoms with Crippen molar-refractivity contribution in [2.45, 2.75) is 31.7 Å². The summed E-state index contributed by atoms with van der Waals surface area (Å²) >= 11 is 0. The van der Waals surface area contributed by atoms with E-state index < -0.39 is 0 Å². The maximum Gasteiger partial charge on any atom is 0.184 e. The van der Waals surface area contributed by atoms with Crippen LogP contribution in [0.2, 0.25) is 0 Å². The Labute approximate surface area is 142 Å². The molecule has 2 aromatic rings. The molecule has 1 aliphatic rings. The van der Waals surface area contributed by atoms with Gasteiger partial charge in [-0.25, -0.2) is 0 Å². The van der Waals surface area contributed by atoms with E-state index in [0.717, 1.165) is 23.3 Å². The lowest BCUT2D eigenvalue weighted by Gasteiger charge is -2.30. The second kappa shape index (κ2) is 8.08. The predicted molar refractivity (Wildman–Crippen MR) is 91.2 cm³/mol. The van der Waals surface area contributed by atoms with Crippen LogP contribution >= 0.6 is 0 Å². The normalized spacial score (nSPS) is 20.5. The van der Waals surface area contributed by atoms with Gasteiger partial charge in [-0.1, -0.05) is 42.5 Å². The van der Waals surface area contributed by atoms with E-state index in [4.69, 9.17) is 14.2 Å². The van der Waals surface area contributed by atoms with E-state index in [1.165, 1.54) is 0 Å². The molecule has 1 aliphatic heterocycles. The molecule has 0 saturated carbocycles. The molecule has 4 nitrogen and oxygen atoms in total. The second-order valence-corrected chi connectivity index (χ2v) is 5.85. The zero-order chi connectivity index (χ0) is 16.8. The van der Waals surface area contributed by atoms with Crippen molar-refractivity contribution in [3.8, 4) is 5.75 Å². The van der Waals surface area contributed by atoms with Crippen LogP contribution in [0.15, 0.2) is 54.6 Å². The van der Waals surface area contributed by atoms with E-state index in [1.54, 1.807) is 7.11 Å². The second-order valence-electron chi connectivity index (χ2n) is 5.85. The number of hydrogen-bond acceptors (Lipinski definition) is 4. The highest BCUT2D eigenvalue weighted by atomic mass is 16.7. The monoisotopic (exact) mass is 326 g/mol. The van der Waals surface area contributed by atoms with Crippen LogP contribution in [-0.4, -0.2) is 25.6 Å². The Morgan fingerprint density at radius 1 is 1.12 bits per heavy atom. The van der Waals surface area contributed by atoms with Gasteiger partial charge in [0.25, 0.3) is 0 Å². The third kappa shape index (κ3) is 4.22. The maximum absolute atomic E-state index is 12.2. The number of carbonyl (C=O) groups is 1. The Bertz CT molecular complexity index is 651. The highest BCUT2D eigenvalue weighted by Crippen LogP contribution is 2.29. The number of ketones is 1.